The maximum Gasteiger partial charge on any atom is 0.254 e. The van der Waals surface area contributed by atoms with E-state index in [1.54, 1.807) is 42.3 Å². The van der Waals surface area contributed by atoms with E-state index in [2.05, 4.69) is 0 Å². The Balaban J connectivity index is 2.30. The fourth-order valence-corrected chi connectivity index (χ4v) is 4.15. The Morgan fingerprint density at radius 1 is 1.07 bits per heavy atom. The van der Waals surface area contributed by atoms with Gasteiger partial charge in [-0.2, -0.15) is 0 Å². The van der Waals surface area contributed by atoms with Crippen molar-refractivity contribution in [1.82, 2.24) is 9.80 Å². The minimum Gasteiger partial charge on any atom is -0.493 e. The number of methoxy groups -OCH3 is 2. The Morgan fingerprint density at radius 3 is 2.23 bits per heavy atom. The van der Waals surface area contributed by atoms with Crippen LogP contribution in [0.15, 0.2) is 36.4 Å². The van der Waals surface area contributed by atoms with Gasteiger partial charge in [0.2, 0.25) is 5.91 Å². The number of rotatable bonds is 6. The highest BCUT2D eigenvalue weighted by atomic mass is 19.1. The fourth-order valence-electron chi connectivity index (χ4n) is 4.15. The second kappa shape index (κ2) is 8.73. The molecule has 2 atom stereocenters. The van der Waals surface area contributed by atoms with Crippen LogP contribution < -0.4 is 9.47 Å². The van der Waals surface area contributed by atoms with Crippen LogP contribution in [-0.2, 0) is 4.79 Å². The van der Waals surface area contributed by atoms with E-state index in [1.165, 1.54) is 25.2 Å². The number of nitrogens with zero attached hydrogens (tertiary/aromatic N) is 2. The third-order valence-corrected chi connectivity index (χ3v) is 5.74. The fraction of sp³-hybridized carbons (Fsp3) is 0.391. The molecule has 6 nitrogen and oxygen atoms in total. The van der Waals surface area contributed by atoms with Crippen LogP contribution in [0.5, 0.6) is 11.5 Å². The third kappa shape index (κ3) is 3.49. The van der Waals surface area contributed by atoms with Gasteiger partial charge < -0.3 is 19.3 Å². The molecule has 2 aromatic carbocycles. The lowest BCUT2D eigenvalue weighted by molar-refractivity contribution is -0.134. The summed E-state index contributed by atoms with van der Waals surface area (Å²) in [4.78, 5) is 30.0. The maximum atomic E-state index is 14.8. The number of hydrogen-bond donors (Lipinski definition) is 0. The Labute approximate surface area is 176 Å². The molecule has 30 heavy (non-hydrogen) atoms. The van der Waals surface area contributed by atoms with Crippen LogP contribution in [0.4, 0.5) is 4.39 Å². The Hall–Kier alpha value is -3.09. The third-order valence-electron chi connectivity index (χ3n) is 5.74. The molecule has 0 aliphatic carbocycles. The van der Waals surface area contributed by atoms with Gasteiger partial charge in [0.05, 0.1) is 26.2 Å². The van der Waals surface area contributed by atoms with E-state index in [9.17, 15) is 14.0 Å². The summed E-state index contributed by atoms with van der Waals surface area (Å²) < 4.78 is 25.6. The van der Waals surface area contributed by atoms with Crippen molar-refractivity contribution in [2.75, 3.05) is 34.4 Å². The number of likely N-dealkylation sites (N-methyl/N-ethyl adjacent to an activating group) is 2. The number of benzene rings is 2. The van der Waals surface area contributed by atoms with Crippen molar-refractivity contribution in [2.45, 2.75) is 25.8 Å². The molecule has 0 N–H and O–H groups in total. The van der Waals surface area contributed by atoms with Gasteiger partial charge in [-0.1, -0.05) is 18.2 Å². The van der Waals surface area contributed by atoms with E-state index in [1.807, 2.05) is 13.8 Å². The van der Waals surface area contributed by atoms with Crippen molar-refractivity contribution < 1.29 is 23.5 Å². The monoisotopic (exact) mass is 414 g/mol. The Morgan fingerprint density at radius 2 is 1.67 bits per heavy atom. The highest BCUT2D eigenvalue weighted by molar-refractivity contribution is 6.02. The lowest BCUT2D eigenvalue weighted by atomic mass is 9.78. The van der Waals surface area contributed by atoms with Crippen LogP contribution in [0, 0.1) is 5.82 Å². The standard InChI is InChI=1S/C23H27FN2O4/c1-6-26(7-2)23(28)20-15-12-18(29-4)19(30-5)13-16(15)22(27)25(3)21(20)14-10-8-9-11-17(14)24/h8-13,20-21H,6-7H2,1-5H3/t20-,21-/m0/s1. The first-order chi connectivity index (χ1) is 14.4. The van der Waals surface area contributed by atoms with Gasteiger partial charge in [0.25, 0.3) is 5.91 Å². The molecular weight excluding hydrogens is 387 g/mol. The second-order valence-corrected chi connectivity index (χ2v) is 7.17. The van der Waals surface area contributed by atoms with Crippen molar-refractivity contribution >= 4 is 11.8 Å². The maximum absolute atomic E-state index is 14.8. The predicted octanol–water partition coefficient (Wildman–Crippen LogP) is 3.62. The van der Waals surface area contributed by atoms with Crippen LogP contribution >= 0.6 is 0 Å². The van der Waals surface area contributed by atoms with E-state index in [0.29, 0.717) is 41.3 Å². The number of hydrogen-bond acceptors (Lipinski definition) is 4. The van der Waals surface area contributed by atoms with Crippen LogP contribution in [0.2, 0.25) is 0 Å². The van der Waals surface area contributed by atoms with Crippen LogP contribution in [0.3, 0.4) is 0 Å². The first kappa shape index (κ1) is 21.6. The summed E-state index contributed by atoms with van der Waals surface area (Å²) >= 11 is 0. The van der Waals surface area contributed by atoms with Crippen LogP contribution in [0.25, 0.3) is 0 Å². The van der Waals surface area contributed by atoms with Crippen LogP contribution in [0.1, 0.15) is 47.3 Å². The van der Waals surface area contributed by atoms with Crippen molar-refractivity contribution in [3.8, 4) is 11.5 Å². The van der Waals surface area contributed by atoms with Crippen molar-refractivity contribution in [1.29, 1.82) is 0 Å². The number of amides is 2. The smallest absolute Gasteiger partial charge is 0.254 e. The molecule has 0 saturated carbocycles. The SMILES string of the molecule is CCN(CC)C(=O)[C@H]1c2cc(OC)c(OC)cc2C(=O)N(C)[C@H]1c1ccccc1F. The van der Waals surface area contributed by atoms with Gasteiger partial charge in [-0.25, -0.2) is 4.39 Å². The van der Waals surface area contributed by atoms with Gasteiger partial charge in [0.1, 0.15) is 5.82 Å². The quantitative estimate of drug-likeness (QED) is 0.725. The number of carbonyl (C=O) groups excluding carboxylic acids is 2. The number of halogens is 1. The zero-order valence-electron chi connectivity index (χ0n) is 17.9. The first-order valence-corrected chi connectivity index (χ1v) is 9.95. The van der Waals surface area contributed by atoms with E-state index >= 15 is 0 Å². The number of carbonyl (C=O) groups is 2. The van der Waals surface area contributed by atoms with E-state index in [0.717, 1.165) is 0 Å². The molecule has 1 heterocycles. The van der Waals surface area contributed by atoms with Crippen LogP contribution in [-0.4, -0.2) is 56.0 Å². The van der Waals surface area contributed by atoms with Gasteiger partial charge in [0, 0.05) is 31.3 Å². The Kier molecular flexibility index (Phi) is 6.29. The van der Waals surface area contributed by atoms with E-state index in [4.69, 9.17) is 9.47 Å². The number of ether oxygens (including phenoxy) is 2. The highest BCUT2D eigenvalue weighted by Crippen LogP contribution is 2.46. The van der Waals surface area contributed by atoms with Gasteiger partial charge in [0.15, 0.2) is 11.5 Å². The molecule has 1 aliphatic heterocycles. The molecule has 0 fully saturated rings. The molecule has 0 spiro atoms. The zero-order valence-corrected chi connectivity index (χ0v) is 17.9. The summed E-state index contributed by atoms with van der Waals surface area (Å²) in [6, 6.07) is 8.74. The first-order valence-electron chi connectivity index (χ1n) is 9.95. The molecule has 0 bridgehead atoms. The average Bonchev–Trinajstić information content (AvgIpc) is 2.76. The lowest BCUT2D eigenvalue weighted by Crippen LogP contribution is -2.47. The van der Waals surface area contributed by atoms with Crippen molar-refractivity contribution in [2.24, 2.45) is 0 Å². The van der Waals surface area contributed by atoms with Gasteiger partial charge in [-0.05, 0) is 37.6 Å². The summed E-state index contributed by atoms with van der Waals surface area (Å²) in [5, 5.41) is 0. The van der Waals surface area contributed by atoms with E-state index < -0.39 is 17.8 Å². The predicted molar refractivity (Wildman–Crippen MR) is 111 cm³/mol. The summed E-state index contributed by atoms with van der Waals surface area (Å²) in [5.41, 5.74) is 1.17. The lowest BCUT2D eigenvalue weighted by Gasteiger charge is -2.41. The molecule has 7 heteroatoms. The molecule has 0 saturated heterocycles. The molecule has 160 valence electrons. The minimum atomic E-state index is -0.780. The second-order valence-electron chi connectivity index (χ2n) is 7.17. The Bertz CT molecular complexity index is 958. The van der Waals surface area contributed by atoms with Crippen molar-refractivity contribution in [3.63, 3.8) is 0 Å². The normalized spacial score (nSPS) is 18.1. The van der Waals surface area contributed by atoms with Gasteiger partial charge >= 0.3 is 0 Å². The molecule has 3 rings (SSSR count). The van der Waals surface area contributed by atoms with Crippen molar-refractivity contribution in [3.05, 3.63) is 58.9 Å². The molecule has 1 aliphatic rings. The van der Waals surface area contributed by atoms with Gasteiger partial charge in [-0.15, -0.1) is 0 Å². The highest BCUT2D eigenvalue weighted by Gasteiger charge is 2.45. The molecule has 0 unspecified atom stereocenters. The molecule has 0 aromatic heterocycles. The minimum absolute atomic E-state index is 0.166. The summed E-state index contributed by atoms with van der Waals surface area (Å²) in [6.45, 7) is 4.81. The average molecular weight is 414 g/mol. The molecule has 2 amide bonds. The van der Waals surface area contributed by atoms with E-state index in [-0.39, 0.29) is 11.8 Å². The zero-order chi connectivity index (χ0) is 22.0. The summed E-state index contributed by atoms with van der Waals surface area (Å²) in [7, 11) is 4.58. The van der Waals surface area contributed by atoms with Gasteiger partial charge in [-0.3, -0.25) is 9.59 Å². The molecular formula is C23H27FN2O4. The molecule has 2 aromatic rings. The summed E-state index contributed by atoms with van der Waals surface area (Å²) in [6.07, 6.45) is 0. The molecule has 0 radical (unpaired) electrons. The largest absolute Gasteiger partial charge is 0.493 e. The summed E-state index contributed by atoms with van der Waals surface area (Å²) in [5.74, 6) is -0.888. The topological polar surface area (TPSA) is 59.1 Å². The number of fused-ring (bicyclic) bond motifs is 1.